The fourth-order valence-electron chi connectivity index (χ4n) is 1.57. The van der Waals surface area contributed by atoms with Crippen LogP contribution >= 0.6 is 10.7 Å². The van der Waals surface area contributed by atoms with Crippen LogP contribution in [0.4, 0.5) is 4.39 Å². The van der Waals surface area contributed by atoms with Crippen molar-refractivity contribution in [2.24, 2.45) is 7.05 Å². The largest absolute Gasteiger partial charge is 0.497 e. The van der Waals surface area contributed by atoms with E-state index in [0.717, 1.165) is 4.57 Å². The molecular weight excluding hydrogens is 297 g/mol. The van der Waals surface area contributed by atoms with E-state index in [1.54, 1.807) is 0 Å². The van der Waals surface area contributed by atoms with Gasteiger partial charge in [0.2, 0.25) is 0 Å². The summed E-state index contributed by atoms with van der Waals surface area (Å²) in [5.41, 5.74) is 0.0994. The second kappa shape index (κ2) is 4.78. The van der Waals surface area contributed by atoms with Gasteiger partial charge in [0, 0.05) is 23.8 Å². The van der Waals surface area contributed by atoms with Crippen molar-refractivity contribution in [2.75, 3.05) is 7.11 Å². The highest BCUT2D eigenvalue weighted by molar-refractivity contribution is 8.13. The normalized spacial score (nSPS) is 11.6. The number of aromatic nitrogens is 3. The SMILES string of the molecule is COc1ccc(-c2nnc(S(=O)(=O)Cl)n2C)c(F)c1. The molecule has 0 aliphatic heterocycles. The first-order valence-corrected chi connectivity index (χ1v) is 7.33. The molecule has 6 nitrogen and oxygen atoms in total. The lowest BCUT2D eigenvalue weighted by atomic mass is 10.2. The molecule has 1 aromatic carbocycles. The lowest BCUT2D eigenvalue weighted by molar-refractivity contribution is 0.411. The third kappa shape index (κ3) is 2.54. The van der Waals surface area contributed by atoms with E-state index in [1.165, 1.54) is 32.4 Å². The molecule has 0 saturated heterocycles. The van der Waals surface area contributed by atoms with Crippen LogP contribution in [0.15, 0.2) is 23.4 Å². The monoisotopic (exact) mass is 305 g/mol. The van der Waals surface area contributed by atoms with Gasteiger partial charge in [0.25, 0.3) is 14.2 Å². The molecule has 0 radical (unpaired) electrons. The Morgan fingerprint density at radius 1 is 1.37 bits per heavy atom. The molecule has 0 aliphatic rings. The van der Waals surface area contributed by atoms with E-state index in [1.807, 2.05) is 0 Å². The first-order valence-electron chi connectivity index (χ1n) is 5.02. The molecule has 0 amide bonds. The molecule has 19 heavy (non-hydrogen) atoms. The topological polar surface area (TPSA) is 74.1 Å². The molecule has 0 fully saturated rings. The maximum Gasteiger partial charge on any atom is 0.296 e. The number of halogens is 2. The summed E-state index contributed by atoms with van der Waals surface area (Å²) in [6.45, 7) is 0. The van der Waals surface area contributed by atoms with Crippen molar-refractivity contribution in [1.82, 2.24) is 14.8 Å². The summed E-state index contributed by atoms with van der Waals surface area (Å²) in [6, 6.07) is 4.11. The molecule has 2 rings (SSSR count). The van der Waals surface area contributed by atoms with E-state index in [-0.39, 0.29) is 11.4 Å². The minimum absolute atomic E-state index is 0.0550. The van der Waals surface area contributed by atoms with E-state index in [4.69, 9.17) is 15.4 Å². The number of hydrogen-bond donors (Lipinski definition) is 0. The van der Waals surface area contributed by atoms with Gasteiger partial charge in [-0.1, -0.05) is 0 Å². The fourth-order valence-corrected chi connectivity index (χ4v) is 2.52. The summed E-state index contributed by atoms with van der Waals surface area (Å²) < 4.78 is 42.3. The van der Waals surface area contributed by atoms with Crippen LogP contribution in [0, 0.1) is 5.82 Å². The summed E-state index contributed by atoms with van der Waals surface area (Å²) in [4.78, 5) is 0. The number of nitrogens with zero attached hydrogens (tertiary/aromatic N) is 3. The van der Waals surface area contributed by atoms with E-state index >= 15 is 0 Å². The highest BCUT2D eigenvalue weighted by Gasteiger charge is 2.22. The molecule has 102 valence electrons. The molecule has 1 heterocycles. The van der Waals surface area contributed by atoms with Crippen LogP contribution in [0.2, 0.25) is 0 Å². The third-order valence-electron chi connectivity index (χ3n) is 2.47. The smallest absolute Gasteiger partial charge is 0.296 e. The Labute approximate surface area is 113 Å². The molecule has 0 spiro atoms. The Kier molecular flexibility index (Phi) is 3.46. The van der Waals surface area contributed by atoms with Crippen molar-refractivity contribution >= 4 is 19.7 Å². The predicted molar refractivity (Wildman–Crippen MR) is 66.0 cm³/mol. The van der Waals surface area contributed by atoms with Gasteiger partial charge >= 0.3 is 0 Å². The van der Waals surface area contributed by atoms with Crippen LogP contribution < -0.4 is 4.74 Å². The van der Waals surface area contributed by atoms with Gasteiger partial charge in [0.1, 0.15) is 11.6 Å². The molecule has 0 aliphatic carbocycles. The number of ether oxygens (including phenoxy) is 1. The van der Waals surface area contributed by atoms with Crippen molar-refractivity contribution in [3.8, 4) is 17.1 Å². The van der Waals surface area contributed by atoms with Crippen LogP contribution in [0.5, 0.6) is 5.75 Å². The van der Waals surface area contributed by atoms with Crippen LogP contribution in [0.25, 0.3) is 11.4 Å². The maximum absolute atomic E-state index is 13.9. The Hall–Kier alpha value is -1.67. The number of benzene rings is 1. The zero-order valence-corrected chi connectivity index (χ0v) is 11.5. The van der Waals surface area contributed by atoms with Crippen molar-refractivity contribution < 1.29 is 17.5 Å². The summed E-state index contributed by atoms with van der Waals surface area (Å²) in [5.74, 6) is -0.207. The first-order chi connectivity index (χ1) is 8.84. The lowest BCUT2D eigenvalue weighted by Crippen LogP contribution is -2.03. The van der Waals surface area contributed by atoms with Crippen molar-refractivity contribution in [1.29, 1.82) is 0 Å². The quantitative estimate of drug-likeness (QED) is 0.805. The standard InChI is InChI=1S/C10H9ClFN3O3S/c1-15-9(13-14-10(15)19(11,16)17)7-4-3-6(18-2)5-8(7)12/h3-5H,1-2H3. The number of hydrogen-bond acceptors (Lipinski definition) is 5. The van der Waals surface area contributed by atoms with E-state index < -0.39 is 20.0 Å². The second-order valence-corrected chi connectivity index (χ2v) is 6.11. The molecule has 1 aromatic heterocycles. The van der Waals surface area contributed by atoms with Gasteiger partial charge in [-0.15, -0.1) is 10.2 Å². The van der Waals surface area contributed by atoms with Crippen molar-refractivity contribution in [3.05, 3.63) is 24.0 Å². The van der Waals surface area contributed by atoms with Gasteiger partial charge in [0.05, 0.1) is 12.7 Å². The Morgan fingerprint density at radius 2 is 2.05 bits per heavy atom. The molecular formula is C10H9ClFN3O3S. The Morgan fingerprint density at radius 3 is 2.53 bits per heavy atom. The summed E-state index contributed by atoms with van der Waals surface area (Å²) in [6.07, 6.45) is 0. The third-order valence-corrected chi connectivity index (χ3v) is 3.68. The Bertz CT molecular complexity index is 730. The molecule has 0 N–H and O–H groups in total. The lowest BCUT2D eigenvalue weighted by Gasteiger charge is -2.05. The zero-order chi connectivity index (χ0) is 14.2. The fraction of sp³-hybridized carbons (Fsp3) is 0.200. The van der Waals surface area contributed by atoms with Crippen LogP contribution in [-0.4, -0.2) is 30.3 Å². The zero-order valence-electron chi connectivity index (χ0n) is 9.96. The molecule has 0 atom stereocenters. The Balaban J connectivity index is 2.58. The average molecular weight is 306 g/mol. The van der Waals surface area contributed by atoms with Gasteiger partial charge < -0.3 is 4.74 Å². The van der Waals surface area contributed by atoms with Crippen LogP contribution in [-0.2, 0) is 16.1 Å². The molecule has 9 heteroatoms. The molecule has 0 unspecified atom stereocenters. The van der Waals surface area contributed by atoms with Crippen LogP contribution in [0.3, 0.4) is 0 Å². The van der Waals surface area contributed by atoms with E-state index in [9.17, 15) is 12.8 Å². The average Bonchev–Trinajstić information content (AvgIpc) is 2.70. The minimum atomic E-state index is -4.03. The van der Waals surface area contributed by atoms with Crippen LogP contribution in [0.1, 0.15) is 0 Å². The van der Waals surface area contributed by atoms with Gasteiger partial charge in [-0.05, 0) is 12.1 Å². The number of methoxy groups -OCH3 is 1. The number of rotatable bonds is 3. The van der Waals surface area contributed by atoms with Crippen molar-refractivity contribution in [3.63, 3.8) is 0 Å². The molecule has 2 aromatic rings. The van der Waals surface area contributed by atoms with Gasteiger partial charge in [-0.3, -0.25) is 4.57 Å². The first kappa shape index (κ1) is 13.8. The highest BCUT2D eigenvalue weighted by Crippen LogP contribution is 2.26. The summed E-state index contributed by atoms with van der Waals surface area (Å²) in [7, 11) is 3.95. The minimum Gasteiger partial charge on any atom is -0.497 e. The maximum atomic E-state index is 13.9. The molecule has 0 saturated carbocycles. The summed E-state index contributed by atoms with van der Waals surface area (Å²) in [5, 5.41) is 6.63. The van der Waals surface area contributed by atoms with Gasteiger partial charge in [-0.25, -0.2) is 12.8 Å². The second-order valence-electron chi connectivity index (χ2n) is 3.65. The van der Waals surface area contributed by atoms with Gasteiger partial charge in [-0.2, -0.15) is 0 Å². The van der Waals surface area contributed by atoms with E-state index in [2.05, 4.69) is 10.2 Å². The highest BCUT2D eigenvalue weighted by atomic mass is 35.7. The van der Waals surface area contributed by atoms with E-state index in [0.29, 0.717) is 5.75 Å². The predicted octanol–water partition coefficient (Wildman–Crippen LogP) is 1.56. The molecule has 0 bridgehead atoms. The van der Waals surface area contributed by atoms with Crippen molar-refractivity contribution in [2.45, 2.75) is 5.16 Å². The summed E-state index contributed by atoms with van der Waals surface area (Å²) >= 11 is 0. The van der Waals surface area contributed by atoms with Gasteiger partial charge in [0.15, 0.2) is 5.82 Å².